The third-order valence-corrected chi connectivity index (χ3v) is 2.00. The van der Waals surface area contributed by atoms with E-state index >= 15 is 0 Å². The van der Waals surface area contributed by atoms with Gasteiger partial charge in [0, 0.05) is 33.9 Å². The molecule has 0 aromatic heterocycles. The Morgan fingerprint density at radius 2 is 0.486 bits per heavy atom. The van der Waals surface area contributed by atoms with E-state index in [2.05, 4.69) is 39.5 Å². The lowest BCUT2D eigenvalue weighted by Gasteiger charge is -1.79. The van der Waals surface area contributed by atoms with Gasteiger partial charge < -0.3 is 30.6 Å². The van der Waals surface area contributed by atoms with Gasteiger partial charge in [0.15, 0.2) is 0 Å². The van der Waals surface area contributed by atoms with Crippen LogP contribution in [-0.4, -0.2) is 66.5 Å². The van der Waals surface area contributed by atoms with Crippen LogP contribution in [0.4, 0.5) is 0 Å². The molecule has 0 saturated heterocycles. The Morgan fingerprint density at radius 1 is 0.429 bits per heavy atom. The van der Waals surface area contributed by atoms with Gasteiger partial charge in [-0.05, 0) is 34.6 Å². The molecule has 0 fully saturated rings. The molecule has 0 bridgehead atoms. The van der Waals surface area contributed by atoms with E-state index < -0.39 is 35.8 Å². The minimum Gasteiger partial charge on any atom is -0.478 e. The number of carboxylic acid groups (broad SMARTS) is 6. The van der Waals surface area contributed by atoms with Gasteiger partial charge in [0.25, 0.3) is 0 Å². The molecule has 0 radical (unpaired) electrons. The lowest BCUT2D eigenvalue weighted by atomic mass is 10.4. The minimum atomic E-state index is -0.981. The zero-order valence-corrected chi connectivity index (χ0v) is 20.5. The van der Waals surface area contributed by atoms with Gasteiger partial charge in [0.2, 0.25) is 0 Å². The van der Waals surface area contributed by atoms with E-state index in [1.54, 1.807) is 0 Å². The maximum absolute atomic E-state index is 9.60. The van der Waals surface area contributed by atoms with Crippen molar-refractivity contribution in [2.24, 2.45) is 0 Å². The van der Waals surface area contributed by atoms with Gasteiger partial charge in [-0.15, -0.1) is 0 Å². The first-order valence-corrected chi connectivity index (χ1v) is 8.78. The van der Waals surface area contributed by atoms with E-state index in [0.717, 1.165) is 6.08 Å². The molecule has 35 heavy (non-hydrogen) atoms. The van der Waals surface area contributed by atoms with Crippen LogP contribution in [0.1, 0.15) is 34.6 Å². The van der Waals surface area contributed by atoms with Crippen LogP contribution in [0.5, 0.6) is 0 Å². The van der Waals surface area contributed by atoms with Crippen molar-refractivity contribution in [2.75, 3.05) is 0 Å². The van der Waals surface area contributed by atoms with Crippen molar-refractivity contribution < 1.29 is 59.4 Å². The molecular formula is C23H34O12. The highest BCUT2D eigenvalue weighted by Gasteiger charge is 1.92. The second-order valence-electron chi connectivity index (χ2n) is 5.97. The fourth-order valence-corrected chi connectivity index (χ4v) is 0. The summed E-state index contributed by atoms with van der Waals surface area (Å²) in [5, 5.41) is 47.1. The predicted octanol–water partition coefficient (Wildman–Crippen LogP) is 3.49. The first-order chi connectivity index (χ1) is 15.5. The Morgan fingerprint density at radius 3 is 0.486 bits per heavy atom. The maximum atomic E-state index is 9.60. The standard InChI is InChI=1S/5C4H6O2.C3H4O2/c5*1-3(2)4(5)6;1-2-3(4)5/h5*1H2,2H3,(H,5,6);2H,1H2,(H,4,5). The van der Waals surface area contributed by atoms with Crippen LogP contribution in [0.15, 0.2) is 73.4 Å². The molecule has 0 saturated carbocycles. The Kier molecular flexibility index (Phi) is 34.3. The molecule has 0 aliphatic carbocycles. The van der Waals surface area contributed by atoms with Crippen LogP contribution >= 0.6 is 0 Å². The molecule has 12 nitrogen and oxygen atoms in total. The third kappa shape index (κ3) is 73.0. The quantitative estimate of drug-likeness (QED) is 0.287. The van der Waals surface area contributed by atoms with Crippen LogP contribution in [0.2, 0.25) is 0 Å². The van der Waals surface area contributed by atoms with Crippen molar-refractivity contribution in [1.82, 2.24) is 0 Å². The van der Waals surface area contributed by atoms with E-state index in [0.29, 0.717) is 0 Å². The van der Waals surface area contributed by atoms with Crippen molar-refractivity contribution in [1.29, 1.82) is 0 Å². The highest BCUT2D eigenvalue weighted by atomic mass is 16.4. The highest BCUT2D eigenvalue weighted by Crippen LogP contribution is 1.83. The van der Waals surface area contributed by atoms with Gasteiger partial charge in [0.05, 0.1) is 0 Å². The Hall–Kier alpha value is -4.74. The second-order valence-corrected chi connectivity index (χ2v) is 5.97. The molecule has 0 unspecified atom stereocenters. The first-order valence-electron chi connectivity index (χ1n) is 8.78. The van der Waals surface area contributed by atoms with Gasteiger partial charge in [-0.25, -0.2) is 28.8 Å². The summed E-state index contributed by atoms with van der Waals surface area (Å²) in [5.74, 6) is -5.66. The molecule has 0 aliphatic rings. The van der Waals surface area contributed by atoms with E-state index in [1.807, 2.05) is 0 Å². The fraction of sp³-hybridized carbons (Fsp3) is 0.217. The summed E-state index contributed by atoms with van der Waals surface area (Å²) in [4.78, 5) is 57.2. The lowest BCUT2D eigenvalue weighted by molar-refractivity contribution is -0.133. The van der Waals surface area contributed by atoms with E-state index in [1.165, 1.54) is 34.6 Å². The fourth-order valence-electron chi connectivity index (χ4n) is 0. The monoisotopic (exact) mass is 502 g/mol. The summed E-state index contributed by atoms with van der Waals surface area (Å²) < 4.78 is 0. The molecule has 198 valence electrons. The largest absolute Gasteiger partial charge is 0.478 e. The molecule has 0 rings (SSSR count). The van der Waals surface area contributed by atoms with Crippen LogP contribution in [0, 0.1) is 0 Å². The molecular weight excluding hydrogens is 468 g/mol. The van der Waals surface area contributed by atoms with Crippen LogP contribution < -0.4 is 0 Å². The number of hydrogen-bond donors (Lipinski definition) is 6. The summed E-state index contributed by atoms with van der Waals surface area (Å²) in [6.45, 7) is 26.0. The van der Waals surface area contributed by atoms with Crippen molar-refractivity contribution in [3.05, 3.63) is 73.4 Å². The molecule has 0 aromatic carbocycles. The molecule has 0 aliphatic heterocycles. The zero-order chi connectivity index (χ0) is 30.1. The van der Waals surface area contributed by atoms with Crippen molar-refractivity contribution in [3.63, 3.8) is 0 Å². The highest BCUT2D eigenvalue weighted by molar-refractivity contribution is 5.86. The molecule has 0 atom stereocenters. The van der Waals surface area contributed by atoms with Crippen LogP contribution in [0.3, 0.4) is 0 Å². The van der Waals surface area contributed by atoms with E-state index in [4.69, 9.17) is 30.6 Å². The average molecular weight is 503 g/mol. The number of hydrogen-bond acceptors (Lipinski definition) is 6. The third-order valence-electron chi connectivity index (χ3n) is 2.00. The maximum Gasteiger partial charge on any atom is 0.330 e. The minimum absolute atomic E-state index is 0.176. The average Bonchev–Trinajstić information content (AvgIpc) is 2.69. The number of carboxylic acids is 6. The molecule has 0 spiro atoms. The summed E-state index contributed by atoms with van der Waals surface area (Å²) in [5.41, 5.74) is 0.880. The molecule has 12 heteroatoms. The number of aliphatic carboxylic acids is 6. The van der Waals surface area contributed by atoms with Crippen LogP contribution in [0.25, 0.3) is 0 Å². The summed E-state index contributed by atoms with van der Waals surface area (Å²) in [7, 11) is 0. The van der Waals surface area contributed by atoms with Crippen LogP contribution in [-0.2, 0) is 28.8 Å². The van der Waals surface area contributed by atoms with Crippen molar-refractivity contribution in [2.45, 2.75) is 34.6 Å². The predicted molar refractivity (Wildman–Crippen MR) is 130 cm³/mol. The molecule has 0 heterocycles. The summed E-state index contributed by atoms with van der Waals surface area (Å²) in [6, 6.07) is 0. The zero-order valence-electron chi connectivity index (χ0n) is 20.5. The number of rotatable bonds is 6. The smallest absolute Gasteiger partial charge is 0.330 e. The Bertz CT molecular complexity index is 630. The second kappa shape index (κ2) is 27.3. The summed E-state index contributed by atoms with van der Waals surface area (Å²) in [6.07, 6.45) is 0.833. The lowest BCUT2D eigenvalue weighted by Crippen LogP contribution is -1.92. The van der Waals surface area contributed by atoms with Gasteiger partial charge in [-0.3, -0.25) is 0 Å². The first kappa shape index (κ1) is 44.0. The Balaban J connectivity index is -0.0000000722. The van der Waals surface area contributed by atoms with Gasteiger partial charge in [0.1, 0.15) is 0 Å². The van der Waals surface area contributed by atoms with Crippen molar-refractivity contribution >= 4 is 35.8 Å². The van der Waals surface area contributed by atoms with Gasteiger partial charge in [-0.1, -0.05) is 39.5 Å². The van der Waals surface area contributed by atoms with Gasteiger partial charge >= 0.3 is 35.8 Å². The summed E-state index contributed by atoms with van der Waals surface area (Å²) >= 11 is 0. The van der Waals surface area contributed by atoms with E-state index in [-0.39, 0.29) is 27.9 Å². The van der Waals surface area contributed by atoms with Crippen molar-refractivity contribution in [3.8, 4) is 0 Å². The van der Waals surface area contributed by atoms with Gasteiger partial charge in [-0.2, -0.15) is 0 Å². The normalized spacial score (nSPS) is 7.34. The SMILES string of the molecule is C=C(C)C(=O)O.C=C(C)C(=O)O.C=C(C)C(=O)O.C=C(C)C(=O)O.C=C(C)C(=O)O.C=CC(=O)O. The molecule has 0 amide bonds. The topological polar surface area (TPSA) is 224 Å². The number of carbonyl (C=O) groups is 6. The Labute approximate surface area is 203 Å². The molecule has 0 aromatic rings. The molecule has 6 N–H and O–H groups in total. The van der Waals surface area contributed by atoms with E-state index in [9.17, 15) is 28.8 Å².